The zero-order chi connectivity index (χ0) is 10.1. The standard InChI is InChI=1S/C11H15NO2/c1-8(2)10(13)6-11-12-5-3-4-9(12)7-14-11/h4,6,8H,3,5,7H2,1-2H3. The van der Waals surface area contributed by atoms with Crippen LogP contribution in [-0.4, -0.2) is 23.8 Å². The van der Waals surface area contributed by atoms with E-state index in [1.807, 2.05) is 13.8 Å². The zero-order valence-electron chi connectivity index (χ0n) is 8.62. The van der Waals surface area contributed by atoms with E-state index in [2.05, 4.69) is 11.0 Å². The lowest BCUT2D eigenvalue weighted by Crippen LogP contribution is -2.15. The van der Waals surface area contributed by atoms with Crippen molar-refractivity contribution in [1.29, 1.82) is 0 Å². The van der Waals surface area contributed by atoms with Gasteiger partial charge in [-0.15, -0.1) is 0 Å². The Morgan fingerprint density at radius 2 is 2.43 bits per heavy atom. The molecule has 0 atom stereocenters. The SMILES string of the molecule is CC(C)C(=O)C=C1OCC2=CCCN21. The van der Waals surface area contributed by atoms with Gasteiger partial charge in [0.15, 0.2) is 11.7 Å². The summed E-state index contributed by atoms with van der Waals surface area (Å²) in [5.41, 5.74) is 1.20. The van der Waals surface area contributed by atoms with E-state index in [-0.39, 0.29) is 11.7 Å². The summed E-state index contributed by atoms with van der Waals surface area (Å²) in [6.45, 7) is 5.37. The van der Waals surface area contributed by atoms with Crippen molar-refractivity contribution in [2.45, 2.75) is 20.3 Å². The van der Waals surface area contributed by atoms with Gasteiger partial charge in [-0.1, -0.05) is 19.9 Å². The Bertz CT molecular complexity index is 315. The Kier molecular flexibility index (Phi) is 2.32. The number of hydrogen-bond donors (Lipinski definition) is 0. The maximum atomic E-state index is 11.5. The van der Waals surface area contributed by atoms with E-state index in [1.54, 1.807) is 6.08 Å². The minimum Gasteiger partial charge on any atom is -0.472 e. The van der Waals surface area contributed by atoms with Crippen molar-refractivity contribution in [2.75, 3.05) is 13.2 Å². The third-order valence-electron chi connectivity index (χ3n) is 2.55. The van der Waals surface area contributed by atoms with Crippen molar-refractivity contribution < 1.29 is 9.53 Å². The lowest BCUT2D eigenvalue weighted by atomic mass is 10.1. The molecule has 0 aromatic heterocycles. The van der Waals surface area contributed by atoms with Crippen molar-refractivity contribution in [3.8, 4) is 0 Å². The van der Waals surface area contributed by atoms with Crippen LogP contribution in [0.4, 0.5) is 0 Å². The molecule has 76 valence electrons. The van der Waals surface area contributed by atoms with Crippen LogP contribution in [0.1, 0.15) is 20.3 Å². The van der Waals surface area contributed by atoms with Crippen LogP contribution < -0.4 is 0 Å². The molecule has 0 radical (unpaired) electrons. The van der Waals surface area contributed by atoms with Crippen molar-refractivity contribution in [2.24, 2.45) is 5.92 Å². The average Bonchev–Trinajstić information content (AvgIpc) is 2.69. The van der Waals surface area contributed by atoms with Gasteiger partial charge in [0, 0.05) is 18.5 Å². The normalized spacial score (nSPS) is 22.6. The molecule has 2 heterocycles. The maximum Gasteiger partial charge on any atom is 0.197 e. The van der Waals surface area contributed by atoms with Gasteiger partial charge in [-0.2, -0.15) is 0 Å². The van der Waals surface area contributed by atoms with Gasteiger partial charge in [0.25, 0.3) is 0 Å². The molecular weight excluding hydrogens is 178 g/mol. The fraction of sp³-hybridized carbons (Fsp3) is 0.545. The van der Waals surface area contributed by atoms with Crippen LogP contribution in [-0.2, 0) is 9.53 Å². The molecule has 1 saturated heterocycles. The first kappa shape index (κ1) is 9.31. The Balaban J connectivity index is 2.13. The first-order valence-corrected chi connectivity index (χ1v) is 5.03. The molecule has 0 aromatic rings. The van der Waals surface area contributed by atoms with Crippen LogP contribution in [0.25, 0.3) is 0 Å². The number of nitrogens with zero attached hydrogens (tertiary/aromatic N) is 1. The molecule has 3 nitrogen and oxygen atoms in total. The number of hydrogen-bond acceptors (Lipinski definition) is 3. The molecule has 0 spiro atoms. The van der Waals surface area contributed by atoms with Crippen LogP contribution in [0.3, 0.4) is 0 Å². The lowest BCUT2D eigenvalue weighted by Gasteiger charge is -2.12. The number of ketones is 1. The monoisotopic (exact) mass is 193 g/mol. The topological polar surface area (TPSA) is 29.5 Å². The maximum absolute atomic E-state index is 11.5. The molecule has 2 aliphatic heterocycles. The number of ether oxygens (including phenoxy) is 1. The Morgan fingerprint density at radius 3 is 3.14 bits per heavy atom. The van der Waals surface area contributed by atoms with Gasteiger partial charge >= 0.3 is 0 Å². The molecule has 0 aromatic carbocycles. The molecule has 0 unspecified atom stereocenters. The molecular formula is C11H15NO2. The summed E-state index contributed by atoms with van der Waals surface area (Å²) in [7, 11) is 0. The summed E-state index contributed by atoms with van der Waals surface area (Å²) in [6, 6.07) is 0. The first-order chi connectivity index (χ1) is 6.68. The molecule has 2 aliphatic rings. The summed E-state index contributed by atoms with van der Waals surface area (Å²) in [5, 5.41) is 0. The number of allylic oxidation sites excluding steroid dienone is 1. The van der Waals surface area contributed by atoms with Crippen molar-refractivity contribution in [1.82, 2.24) is 4.90 Å². The Morgan fingerprint density at radius 1 is 1.64 bits per heavy atom. The smallest absolute Gasteiger partial charge is 0.197 e. The summed E-state index contributed by atoms with van der Waals surface area (Å²) in [5.74, 6) is 0.905. The molecule has 0 aliphatic carbocycles. The third-order valence-corrected chi connectivity index (χ3v) is 2.55. The van der Waals surface area contributed by atoms with Crippen molar-refractivity contribution in [3.63, 3.8) is 0 Å². The fourth-order valence-electron chi connectivity index (χ4n) is 1.64. The number of rotatable bonds is 2. The number of fused-ring (bicyclic) bond motifs is 1. The van der Waals surface area contributed by atoms with Crippen LogP contribution in [0.5, 0.6) is 0 Å². The van der Waals surface area contributed by atoms with Crippen LogP contribution in [0, 0.1) is 5.92 Å². The molecule has 2 rings (SSSR count). The van der Waals surface area contributed by atoms with Gasteiger partial charge in [-0.05, 0) is 6.42 Å². The molecule has 14 heavy (non-hydrogen) atoms. The van der Waals surface area contributed by atoms with E-state index in [4.69, 9.17) is 4.74 Å². The molecule has 0 saturated carbocycles. The van der Waals surface area contributed by atoms with Gasteiger partial charge in [0.1, 0.15) is 6.61 Å². The lowest BCUT2D eigenvalue weighted by molar-refractivity contribution is -0.117. The van der Waals surface area contributed by atoms with E-state index in [0.717, 1.165) is 18.8 Å². The minimum atomic E-state index is 0.0433. The van der Waals surface area contributed by atoms with E-state index in [1.165, 1.54) is 5.70 Å². The first-order valence-electron chi connectivity index (χ1n) is 5.03. The predicted octanol–water partition coefficient (Wildman–Crippen LogP) is 1.67. The van der Waals surface area contributed by atoms with E-state index in [9.17, 15) is 4.79 Å². The van der Waals surface area contributed by atoms with Crippen LogP contribution >= 0.6 is 0 Å². The highest BCUT2D eigenvalue weighted by atomic mass is 16.5. The second kappa shape index (κ2) is 3.48. The second-order valence-corrected chi connectivity index (χ2v) is 3.96. The average molecular weight is 193 g/mol. The highest BCUT2D eigenvalue weighted by Crippen LogP contribution is 2.28. The van der Waals surface area contributed by atoms with E-state index >= 15 is 0 Å². The highest BCUT2D eigenvalue weighted by Gasteiger charge is 2.27. The number of carbonyl (C=O) groups excluding carboxylic acids is 1. The zero-order valence-corrected chi connectivity index (χ0v) is 8.62. The molecule has 3 heteroatoms. The van der Waals surface area contributed by atoms with Crippen molar-refractivity contribution >= 4 is 5.78 Å². The van der Waals surface area contributed by atoms with E-state index < -0.39 is 0 Å². The van der Waals surface area contributed by atoms with Crippen LogP contribution in [0.2, 0.25) is 0 Å². The molecule has 0 amide bonds. The number of carbonyl (C=O) groups is 1. The summed E-state index contributed by atoms with van der Waals surface area (Å²) < 4.78 is 5.44. The van der Waals surface area contributed by atoms with E-state index in [0.29, 0.717) is 6.61 Å². The van der Waals surface area contributed by atoms with Gasteiger partial charge in [0.2, 0.25) is 0 Å². The van der Waals surface area contributed by atoms with Crippen molar-refractivity contribution in [3.05, 3.63) is 23.7 Å². The second-order valence-electron chi connectivity index (χ2n) is 3.96. The highest BCUT2D eigenvalue weighted by molar-refractivity contribution is 5.91. The van der Waals surface area contributed by atoms with Gasteiger partial charge < -0.3 is 9.64 Å². The fourth-order valence-corrected chi connectivity index (χ4v) is 1.64. The van der Waals surface area contributed by atoms with Gasteiger partial charge in [-0.3, -0.25) is 4.79 Å². The Labute approximate surface area is 84.0 Å². The van der Waals surface area contributed by atoms with Gasteiger partial charge in [-0.25, -0.2) is 0 Å². The Hall–Kier alpha value is -1.25. The molecule has 0 bridgehead atoms. The van der Waals surface area contributed by atoms with Gasteiger partial charge in [0.05, 0.1) is 5.70 Å². The minimum absolute atomic E-state index is 0.0433. The summed E-state index contributed by atoms with van der Waals surface area (Å²) >= 11 is 0. The quantitative estimate of drug-likeness (QED) is 0.625. The molecule has 1 fully saturated rings. The molecule has 0 N–H and O–H groups in total. The third kappa shape index (κ3) is 1.54. The predicted molar refractivity (Wildman–Crippen MR) is 53.3 cm³/mol. The van der Waals surface area contributed by atoms with Crippen LogP contribution in [0.15, 0.2) is 23.7 Å². The summed E-state index contributed by atoms with van der Waals surface area (Å²) in [6.07, 6.45) is 4.85. The summed E-state index contributed by atoms with van der Waals surface area (Å²) in [4.78, 5) is 13.6. The largest absolute Gasteiger partial charge is 0.472 e.